The molecule has 2 unspecified atom stereocenters. The van der Waals surface area contributed by atoms with Crippen molar-refractivity contribution in [2.45, 2.75) is 19.2 Å². The number of aliphatic hydroxyl groups is 1. The molecule has 2 atom stereocenters. The quantitative estimate of drug-likeness (QED) is 0.464. The van der Waals surface area contributed by atoms with Gasteiger partial charge in [-0.3, -0.25) is 0 Å². The van der Waals surface area contributed by atoms with E-state index in [1.165, 1.54) is 36.8 Å². The lowest BCUT2D eigenvalue weighted by Gasteiger charge is -2.24. The van der Waals surface area contributed by atoms with Gasteiger partial charge in [0, 0.05) is 27.7 Å². The van der Waals surface area contributed by atoms with E-state index in [0.29, 0.717) is 34.1 Å². The third kappa shape index (κ3) is 4.16. The largest absolute Gasteiger partial charge is 0.598 e. The third-order valence-electron chi connectivity index (χ3n) is 4.87. The van der Waals surface area contributed by atoms with Crippen molar-refractivity contribution < 1.29 is 22.9 Å². The monoisotopic (exact) mass is 418 g/mol. The molecule has 2 aromatic carbocycles. The van der Waals surface area contributed by atoms with Crippen LogP contribution in [0.25, 0.3) is 21.8 Å². The van der Waals surface area contributed by atoms with Crippen LogP contribution < -0.4 is 0 Å². The summed E-state index contributed by atoms with van der Waals surface area (Å²) in [6, 6.07) is 12.2. The van der Waals surface area contributed by atoms with Crippen LogP contribution in [0.4, 0.5) is 8.78 Å². The number of hydrogen-bond acceptors (Lipinski definition) is 4. The van der Waals surface area contributed by atoms with Crippen molar-refractivity contribution in [2.75, 3.05) is 12.8 Å². The van der Waals surface area contributed by atoms with Gasteiger partial charge in [0.05, 0.1) is 31.0 Å². The van der Waals surface area contributed by atoms with Crippen LogP contribution >= 0.6 is 0 Å². The minimum Gasteiger partial charge on any atom is -0.598 e. The van der Waals surface area contributed by atoms with E-state index in [2.05, 4.69) is 0 Å². The van der Waals surface area contributed by atoms with E-state index in [1.807, 2.05) is 0 Å². The van der Waals surface area contributed by atoms with E-state index in [-0.39, 0.29) is 18.9 Å². The molecule has 1 N–H and O–H groups in total. The second kappa shape index (κ2) is 8.16. The van der Waals surface area contributed by atoms with Gasteiger partial charge in [0.1, 0.15) is 30.2 Å². The molecule has 29 heavy (non-hydrogen) atoms. The number of hydrogen-bond donors (Lipinski definition) is 1. The zero-order chi connectivity index (χ0) is 20.5. The summed E-state index contributed by atoms with van der Waals surface area (Å²) in [5.74, 6) is -0.153. The molecular formula is C21H20F2N2O3S. The Kier molecular flexibility index (Phi) is 5.60. The van der Waals surface area contributed by atoms with E-state index >= 15 is 0 Å². The predicted octanol–water partition coefficient (Wildman–Crippen LogP) is 3.82. The molecule has 2 aromatic heterocycles. The maximum atomic E-state index is 13.9. The Hall–Kier alpha value is -2.39. The van der Waals surface area contributed by atoms with Crippen LogP contribution in [0.1, 0.15) is 5.76 Å². The summed E-state index contributed by atoms with van der Waals surface area (Å²) in [6.07, 6.45) is 2.18. The zero-order valence-corrected chi connectivity index (χ0v) is 16.5. The molecule has 0 aliphatic carbocycles. The van der Waals surface area contributed by atoms with Crippen LogP contribution in [0.15, 0.2) is 59.2 Å². The minimum atomic E-state index is -1.32. The van der Waals surface area contributed by atoms with Crippen LogP contribution in [0.2, 0.25) is 0 Å². The number of fused-ring (bicyclic) bond motifs is 3. The van der Waals surface area contributed by atoms with Gasteiger partial charge in [0.2, 0.25) is 0 Å². The Morgan fingerprint density at radius 3 is 2.59 bits per heavy atom. The van der Waals surface area contributed by atoms with Gasteiger partial charge in [-0.15, -0.1) is 4.31 Å². The average Bonchev–Trinajstić information content (AvgIpc) is 3.28. The van der Waals surface area contributed by atoms with Gasteiger partial charge < -0.3 is 18.6 Å². The molecule has 4 aromatic rings. The molecule has 4 rings (SSSR count). The Labute approximate surface area is 169 Å². The number of furan rings is 1. The van der Waals surface area contributed by atoms with Gasteiger partial charge in [0.15, 0.2) is 0 Å². The van der Waals surface area contributed by atoms with Crippen LogP contribution in [-0.2, 0) is 24.5 Å². The van der Waals surface area contributed by atoms with Crippen LogP contribution in [0.5, 0.6) is 0 Å². The SMILES string of the molecule is C[S+]([O-])N(Cc1ccco1)CC(O)Cn1c2ccc(F)cc2c2ccc(F)cc21. The summed E-state index contributed by atoms with van der Waals surface area (Å²) in [7, 11) is 0. The summed E-state index contributed by atoms with van der Waals surface area (Å²) in [5.41, 5.74) is 1.26. The van der Waals surface area contributed by atoms with Gasteiger partial charge in [-0.25, -0.2) is 8.78 Å². The van der Waals surface area contributed by atoms with Crippen molar-refractivity contribution in [1.29, 1.82) is 0 Å². The fourth-order valence-corrected chi connectivity index (χ4v) is 4.27. The lowest BCUT2D eigenvalue weighted by molar-refractivity contribution is 0.127. The summed E-state index contributed by atoms with van der Waals surface area (Å²) in [5, 5.41) is 12.1. The molecule has 0 spiro atoms. The van der Waals surface area contributed by atoms with Crippen molar-refractivity contribution in [3.8, 4) is 0 Å². The van der Waals surface area contributed by atoms with Crippen LogP contribution in [-0.4, -0.2) is 37.4 Å². The molecule has 8 heteroatoms. The van der Waals surface area contributed by atoms with Gasteiger partial charge >= 0.3 is 0 Å². The van der Waals surface area contributed by atoms with E-state index < -0.39 is 23.3 Å². The number of rotatable bonds is 7. The van der Waals surface area contributed by atoms with E-state index in [0.717, 1.165) is 0 Å². The van der Waals surface area contributed by atoms with Gasteiger partial charge in [-0.2, -0.15) is 0 Å². The molecule has 0 radical (unpaired) electrons. The molecular weight excluding hydrogens is 398 g/mol. The second-order valence-corrected chi connectivity index (χ2v) is 8.28. The van der Waals surface area contributed by atoms with E-state index in [4.69, 9.17) is 4.42 Å². The first-order valence-corrected chi connectivity index (χ1v) is 10.6. The molecule has 0 amide bonds. The fourth-order valence-electron chi connectivity index (χ4n) is 3.58. The topological polar surface area (TPSA) is 64.6 Å². The fraction of sp³-hybridized carbons (Fsp3) is 0.238. The normalized spacial score (nSPS) is 14.1. The number of nitrogens with zero attached hydrogens (tertiary/aromatic N) is 2. The lowest BCUT2D eigenvalue weighted by Crippen LogP contribution is -2.38. The minimum absolute atomic E-state index is 0.126. The van der Waals surface area contributed by atoms with E-state index in [1.54, 1.807) is 33.1 Å². The average molecular weight is 418 g/mol. The molecule has 152 valence electrons. The predicted molar refractivity (Wildman–Crippen MR) is 109 cm³/mol. The first kappa shape index (κ1) is 19.9. The Morgan fingerprint density at radius 1 is 1.10 bits per heavy atom. The highest BCUT2D eigenvalue weighted by Gasteiger charge is 2.23. The molecule has 2 heterocycles. The number of aromatic nitrogens is 1. The second-order valence-electron chi connectivity index (χ2n) is 6.91. The Bertz CT molecular complexity index is 1130. The van der Waals surface area contributed by atoms with Crippen molar-refractivity contribution in [3.05, 3.63) is 72.2 Å². The number of halogens is 2. The third-order valence-corrected chi connectivity index (χ3v) is 5.88. The molecule has 0 fully saturated rings. The highest BCUT2D eigenvalue weighted by atomic mass is 32.2. The number of aliphatic hydroxyl groups excluding tert-OH is 1. The highest BCUT2D eigenvalue weighted by Crippen LogP contribution is 2.30. The van der Waals surface area contributed by atoms with Gasteiger partial charge in [-0.05, 0) is 48.5 Å². The van der Waals surface area contributed by atoms with Crippen molar-refractivity contribution >= 4 is 33.2 Å². The van der Waals surface area contributed by atoms with E-state index in [9.17, 15) is 18.4 Å². The molecule has 0 bridgehead atoms. The maximum absolute atomic E-state index is 13.9. The summed E-state index contributed by atoms with van der Waals surface area (Å²) in [6.45, 7) is 0.558. The maximum Gasteiger partial charge on any atom is 0.125 e. The summed E-state index contributed by atoms with van der Waals surface area (Å²) >= 11 is -1.32. The van der Waals surface area contributed by atoms with Crippen LogP contribution in [0.3, 0.4) is 0 Å². The smallest absolute Gasteiger partial charge is 0.125 e. The molecule has 0 saturated carbocycles. The van der Waals surface area contributed by atoms with Crippen molar-refractivity contribution in [3.63, 3.8) is 0 Å². The molecule has 5 nitrogen and oxygen atoms in total. The molecule has 0 aliphatic rings. The highest BCUT2D eigenvalue weighted by molar-refractivity contribution is 7.88. The summed E-state index contributed by atoms with van der Waals surface area (Å²) in [4.78, 5) is 0. The number of benzene rings is 2. The van der Waals surface area contributed by atoms with Gasteiger partial charge in [-0.1, -0.05) is 0 Å². The van der Waals surface area contributed by atoms with Crippen molar-refractivity contribution in [1.82, 2.24) is 8.87 Å². The van der Waals surface area contributed by atoms with Crippen LogP contribution in [0, 0.1) is 11.6 Å². The Morgan fingerprint density at radius 2 is 1.86 bits per heavy atom. The van der Waals surface area contributed by atoms with Gasteiger partial charge in [0.25, 0.3) is 0 Å². The lowest BCUT2D eigenvalue weighted by atomic mass is 10.1. The first-order chi connectivity index (χ1) is 13.9. The standard InChI is InChI=1S/C21H20F2N2O3S/c1-29(27)24(13-17-3-2-8-28-17)11-16(26)12-25-20-7-5-14(22)9-19(20)18-6-4-15(23)10-21(18)25/h2-10,16,26H,11-13H2,1H3. The van der Waals surface area contributed by atoms with Crippen molar-refractivity contribution in [2.24, 2.45) is 0 Å². The zero-order valence-electron chi connectivity index (χ0n) is 15.7. The first-order valence-electron chi connectivity index (χ1n) is 9.08. The molecule has 0 aliphatic heterocycles. The summed E-state index contributed by atoms with van der Waals surface area (Å²) < 4.78 is 48.4. The molecule has 0 saturated heterocycles. The Balaban J connectivity index is 1.64.